The largest absolute Gasteiger partial charge is 0.462 e. The number of likely N-dealkylation sites (N-methyl/N-ethyl adjacent to an activating group) is 1. The van der Waals surface area contributed by atoms with Crippen LogP contribution in [0.15, 0.2) is 30.5 Å². The first-order valence-corrected chi connectivity index (χ1v) is 7.33. The zero-order chi connectivity index (χ0) is 16.6. The Labute approximate surface area is 131 Å². The Kier molecular flexibility index (Phi) is 7.08. The van der Waals surface area contributed by atoms with Gasteiger partial charge in [0, 0.05) is 24.8 Å². The highest BCUT2D eigenvalue weighted by Crippen LogP contribution is 2.17. The van der Waals surface area contributed by atoms with E-state index in [0.29, 0.717) is 13.0 Å². The summed E-state index contributed by atoms with van der Waals surface area (Å²) in [4.78, 5) is 15.0. The van der Waals surface area contributed by atoms with Crippen LogP contribution in [0.25, 0.3) is 10.9 Å². The number of nitrogens with zero attached hydrogens (tertiary/aromatic N) is 1. The van der Waals surface area contributed by atoms with Gasteiger partial charge in [-0.15, -0.1) is 0 Å². The number of hydrogen-bond acceptors (Lipinski definition) is 4. The molecule has 2 rings (SSSR count). The standard InChI is InChI=1S/C12H16N2O.C5H10O2/c1-14(7-8-15)9-11-4-2-3-10-5-6-13-12(10)11;1-5(2,3)7-4-6/h2-6,13,15H,7-9H2,1H3;4H,1-3H3. The summed E-state index contributed by atoms with van der Waals surface area (Å²) >= 11 is 0. The van der Waals surface area contributed by atoms with Gasteiger partial charge in [-0.05, 0) is 44.8 Å². The highest BCUT2D eigenvalue weighted by Gasteiger charge is 2.07. The summed E-state index contributed by atoms with van der Waals surface area (Å²) in [5.74, 6) is 0. The predicted octanol–water partition coefficient (Wildman–Crippen LogP) is 2.55. The van der Waals surface area contributed by atoms with Gasteiger partial charge in [-0.1, -0.05) is 18.2 Å². The molecule has 0 unspecified atom stereocenters. The summed E-state index contributed by atoms with van der Waals surface area (Å²) in [5, 5.41) is 10.1. The van der Waals surface area contributed by atoms with E-state index in [2.05, 4.69) is 38.9 Å². The molecule has 1 aromatic carbocycles. The number of carbonyl (C=O) groups excluding carboxylic acids is 1. The van der Waals surface area contributed by atoms with Gasteiger partial charge in [-0.25, -0.2) is 0 Å². The second-order valence-corrected chi connectivity index (χ2v) is 6.15. The van der Waals surface area contributed by atoms with Gasteiger partial charge >= 0.3 is 0 Å². The quantitative estimate of drug-likeness (QED) is 0.833. The normalized spacial score (nSPS) is 11.2. The third kappa shape index (κ3) is 6.28. The fourth-order valence-electron chi connectivity index (χ4n) is 1.97. The molecule has 1 heterocycles. The van der Waals surface area contributed by atoms with Crippen molar-refractivity contribution < 1.29 is 14.6 Å². The lowest BCUT2D eigenvalue weighted by Crippen LogP contribution is -2.21. The van der Waals surface area contributed by atoms with Crippen LogP contribution in [0.4, 0.5) is 0 Å². The predicted molar refractivity (Wildman–Crippen MR) is 88.6 cm³/mol. The summed E-state index contributed by atoms with van der Waals surface area (Å²) in [6.45, 7) is 7.69. The van der Waals surface area contributed by atoms with E-state index >= 15 is 0 Å². The molecular formula is C17H26N2O3. The number of H-pyrrole nitrogens is 1. The van der Waals surface area contributed by atoms with Crippen molar-refractivity contribution in [1.29, 1.82) is 0 Å². The maximum Gasteiger partial charge on any atom is 0.293 e. The number of aliphatic hydroxyl groups is 1. The fourth-order valence-corrected chi connectivity index (χ4v) is 1.97. The summed E-state index contributed by atoms with van der Waals surface area (Å²) in [5.41, 5.74) is 2.15. The molecule has 22 heavy (non-hydrogen) atoms. The number of nitrogens with one attached hydrogen (secondary N) is 1. The Balaban J connectivity index is 0.000000295. The van der Waals surface area contributed by atoms with Crippen molar-refractivity contribution in [2.24, 2.45) is 0 Å². The van der Waals surface area contributed by atoms with E-state index in [-0.39, 0.29) is 12.2 Å². The number of fused-ring (bicyclic) bond motifs is 1. The van der Waals surface area contributed by atoms with Gasteiger partial charge < -0.3 is 14.8 Å². The SMILES string of the molecule is CC(C)(C)OC=O.CN(CCO)Cc1cccc2cc[nH]c12. The second-order valence-electron chi connectivity index (χ2n) is 6.15. The first-order chi connectivity index (χ1) is 10.4. The van der Waals surface area contributed by atoms with Crippen LogP contribution in [0.1, 0.15) is 26.3 Å². The Bertz CT molecular complexity index is 573. The molecule has 0 saturated carbocycles. The number of carbonyl (C=O) groups is 1. The molecule has 0 saturated heterocycles. The summed E-state index contributed by atoms with van der Waals surface area (Å²) in [6, 6.07) is 8.36. The Morgan fingerprint density at radius 3 is 2.59 bits per heavy atom. The molecule has 0 amide bonds. The van der Waals surface area contributed by atoms with Crippen molar-refractivity contribution in [3.8, 4) is 0 Å². The van der Waals surface area contributed by atoms with Crippen molar-refractivity contribution in [2.45, 2.75) is 32.9 Å². The van der Waals surface area contributed by atoms with E-state index in [1.54, 1.807) is 0 Å². The third-order valence-corrected chi connectivity index (χ3v) is 3.00. The number of rotatable bonds is 5. The topological polar surface area (TPSA) is 65.6 Å². The average Bonchev–Trinajstić information content (AvgIpc) is 2.87. The van der Waals surface area contributed by atoms with E-state index in [9.17, 15) is 4.79 Å². The molecule has 5 heteroatoms. The first-order valence-electron chi connectivity index (χ1n) is 7.33. The number of ether oxygens (including phenoxy) is 1. The summed E-state index contributed by atoms with van der Waals surface area (Å²) in [7, 11) is 2.01. The van der Waals surface area contributed by atoms with Gasteiger partial charge in [0.05, 0.1) is 6.61 Å². The Hall–Kier alpha value is -1.85. The highest BCUT2D eigenvalue weighted by atomic mass is 16.5. The molecule has 0 spiro atoms. The van der Waals surface area contributed by atoms with Crippen LogP contribution in [-0.2, 0) is 16.1 Å². The highest BCUT2D eigenvalue weighted by molar-refractivity contribution is 5.82. The van der Waals surface area contributed by atoms with Crippen molar-refractivity contribution in [1.82, 2.24) is 9.88 Å². The Morgan fingerprint density at radius 1 is 1.32 bits per heavy atom. The Morgan fingerprint density at radius 2 is 2.05 bits per heavy atom. The van der Waals surface area contributed by atoms with Crippen LogP contribution in [0.5, 0.6) is 0 Å². The van der Waals surface area contributed by atoms with E-state index in [1.807, 2.05) is 34.0 Å². The third-order valence-electron chi connectivity index (χ3n) is 3.00. The van der Waals surface area contributed by atoms with Crippen LogP contribution in [0.2, 0.25) is 0 Å². The van der Waals surface area contributed by atoms with Crippen LogP contribution in [-0.4, -0.2) is 47.3 Å². The lowest BCUT2D eigenvalue weighted by atomic mass is 10.1. The average molecular weight is 306 g/mol. The molecule has 0 atom stereocenters. The molecule has 2 N–H and O–H groups in total. The molecule has 2 aromatic rings. The van der Waals surface area contributed by atoms with Crippen LogP contribution in [0.3, 0.4) is 0 Å². The van der Waals surface area contributed by atoms with Gasteiger partial charge in [0.1, 0.15) is 5.60 Å². The molecule has 0 aliphatic carbocycles. The zero-order valence-corrected chi connectivity index (χ0v) is 13.8. The van der Waals surface area contributed by atoms with Gasteiger partial charge in [-0.2, -0.15) is 0 Å². The zero-order valence-electron chi connectivity index (χ0n) is 13.8. The van der Waals surface area contributed by atoms with Crippen molar-refractivity contribution in [2.75, 3.05) is 20.2 Å². The lowest BCUT2D eigenvalue weighted by Gasteiger charge is -2.15. The van der Waals surface area contributed by atoms with Crippen LogP contribution < -0.4 is 0 Å². The summed E-state index contributed by atoms with van der Waals surface area (Å²) in [6.07, 6.45) is 1.96. The molecule has 0 aliphatic rings. The lowest BCUT2D eigenvalue weighted by molar-refractivity contribution is -0.138. The fraction of sp³-hybridized carbons (Fsp3) is 0.471. The molecular weight excluding hydrogens is 280 g/mol. The minimum Gasteiger partial charge on any atom is -0.462 e. The molecule has 1 aromatic heterocycles. The molecule has 122 valence electrons. The minimum absolute atomic E-state index is 0.206. The smallest absolute Gasteiger partial charge is 0.293 e. The maximum atomic E-state index is 9.60. The first kappa shape index (κ1) is 18.2. The molecule has 0 fully saturated rings. The van der Waals surface area contributed by atoms with E-state index in [4.69, 9.17) is 5.11 Å². The van der Waals surface area contributed by atoms with Gasteiger partial charge in [-0.3, -0.25) is 9.69 Å². The number of aromatic nitrogens is 1. The van der Waals surface area contributed by atoms with E-state index in [0.717, 1.165) is 6.54 Å². The van der Waals surface area contributed by atoms with Crippen molar-refractivity contribution >= 4 is 17.4 Å². The number of hydrogen-bond donors (Lipinski definition) is 2. The maximum absolute atomic E-state index is 9.60. The van der Waals surface area contributed by atoms with E-state index < -0.39 is 0 Å². The van der Waals surface area contributed by atoms with E-state index in [1.165, 1.54) is 16.5 Å². The molecule has 5 nitrogen and oxygen atoms in total. The monoisotopic (exact) mass is 306 g/mol. The van der Waals surface area contributed by atoms with Gasteiger partial charge in [0.15, 0.2) is 0 Å². The van der Waals surface area contributed by atoms with Crippen LogP contribution in [0, 0.1) is 0 Å². The minimum atomic E-state index is -0.318. The van der Waals surface area contributed by atoms with Crippen molar-refractivity contribution in [3.63, 3.8) is 0 Å². The number of aliphatic hydroxyl groups excluding tert-OH is 1. The van der Waals surface area contributed by atoms with Crippen LogP contribution >= 0.6 is 0 Å². The second kappa shape index (κ2) is 8.56. The van der Waals surface area contributed by atoms with Gasteiger partial charge in [0.2, 0.25) is 0 Å². The number of para-hydroxylation sites is 1. The van der Waals surface area contributed by atoms with Gasteiger partial charge in [0.25, 0.3) is 6.47 Å². The number of aromatic amines is 1. The molecule has 0 bridgehead atoms. The molecule has 0 aliphatic heterocycles. The number of benzene rings is 1. The van der Waals surface area contributed by atoms with Crippen molar-refractivity contribution in [3.05, 3.63) is 36.0 Å². The summed E-state index contributed by atoms with van der Waals surface area (Å²) < 4.78 is 4.55. The molecule has 0 radical (unpaired) electrons.